The van der Waals surface area contributed by atoms with E-state index >= 15 is 0 Å². The summed E-state index contributed by atoms with van der Waals surface area (Å²) in [7, 11) is 0. The number of fused-ring (bicyclic) bond motifs is 1. The molecule has 2 aromatic rings. The standard InChI is InChI=1S/C16H18ClNO3/c1-9-12-7-11(17)5-6-14(12)21-15(9)16(20)18-8-10-3-2-4-13(10)19/h5-7,10,13,19H,2-4,8H2,1H3,(H,18,20). The highest BCUT2D eigenvalue weighted by Gasteiger charge is 2.26. The summed E-state index contributed by atoms with van der Waals surface area (Å²) in [5.74, 6) is 0.228. The van der Waals surface area contributed by atoms with E-state index in [1.165, 1.54) is 0 Å². The predicted octanol–water partition coefficient (Wildman–Crippen LogP) is 3.29. The maximum absolute atomic E-state index is 12.3. The van der Waals surface area contributed by atoms with E-state index < -0.39 is 0 Å². The van der Waals surface area contributed by atoms with E-state index in [0.29, 0.717) is 22.9 Å². The Morgan fingerprint density at radius 2 is 2.29 bits per heavy atom. The summed E-state index contributed by atoms with van der Waals surface area (Å²) < 4.78 is 5.62. The lowest BCUT2D eigenvalue weighted by molar-refractivity contribution is 0.0891. The van der Waals surface area contributed by atoms with Crippen molar-refractivity contribution in [3.05, 3.63) is 34.5 Å². The molecule has 2 unspecified atom stereocenters. The molecule has 2 N–H and O–H groups in total. The van der Waals surface area contributed by atoms with E-state index in [9.17, 15) is 9.90 Å². The Balaban J connectivity index is 1.76. The Kier molecular flexibility index (Phi) is 3.91. The number of rotatable bonds is 3. The number of aliphatic hydroxyl groups is 1. The molecule has 21 heavy (non-hydrogen) atoms. The zero-order chi connectivity index (χ0) is 15.0. The van der Waals surface area contributed by atoms with Gasteiger partial charge >= 0.3 is 0 Å². The van der Waals surface area contributed by atoms with Crippen molar-refractivity contribution in [3.8, 4) is 0 Å². The normalized spacial score (nSPS) is 21.9. The minimum atomic E-state index is -0.305. The monoisotopic (exact) mass is 307 g/mol. The average Bonchev–Trinajstić information content (AvgIpc) is 3.01. The Bertz CT molecular complexity index is 679. The molecule has 4 nitrogen and oxygen atoms in total. The van der Waals surface area contributed by atoms with Gasteiger partial charge in [-0.15, -0.1) is 0 Å². The molecule has 2 atom stereocenters. The summed E-state index contributed by atoms with van der Waals surface area (Å²) in [4.78, 5) is 12.3. The second kappa shape index (κ2) is 5.70. The van der Waals surface area contributed by atoms with E-state index in [4.69, 9.17) is 16.0 Å². The third-order valence-electron chi connectivity index (χ3n) is 4.25. The molecule has 1 saturated carbocycles. The van der Waals surface area contributed by atoms with Gasteiger partial charge in [0.2, 0.25) is 0 Å². The number of furan rings is 1. The van der Waals surface area contributed by atoms with Crippen molar-refractivity contribution in [2.45, 2.75) is 32.3 Å². The number of aryl methyl sites for hydroxylation is 1. The van der Waals surface area contributed by atoms with Crippen molar-refractivity contribution in [3.63, 3.8) is 0 Å². The molecule has 0 bridgehead atoms. The molecule has 0 spiro atoms. The Labute approximate surface area is 128 Å². The van der Waals surface area contributed by atoms with Crippen LogP contribution in [0.5, 0.6) is 0 Å². The fourth-order valence-corrected chi connectivity index (χ4v) is 3.14. The van der Waals surface area contributed by atoms with Crippen LogP contribution < -0.4 is 5.32 Å². The van der Waals surface area contributed by atoms with Crippen molar-refractivity contribution in [1.29, 1.82) is 0 Å². The van der Waals surface area contributed by atoms with Gasteiger partial charge in [0.25, 0.3) is 5.91 Å². The molecule has 1 aromatic heterocycles. The van der Waals surface area contributed by atoms with Crippen molar-refractivity contribution >= 4 is 28.5 Å². The van der Waals surface area contributed by atoms with Crippen LogP contribution in [-0.2, 0) is 0 Å². The topological polar surface area (TPSA) is 62.5 Å². The predicted molar refractivity (Wildman–Crippen MR) is 81.6 cm³/mol. The van der Waals surface area contributed by atoms with Crippen molar-refractivity contribution in [1.82, 2.24) is 5.32 Å². The lowest BCUT2D eigenvalue weighted by Gasteiger charge is -2.14. The van der Waals surface area contributed by atoms with Crippen molar-refractivity contribution in [2.24, 2.45) is 5.92 Å². The van der Waals surface area contributed by atoms with Crippen molar-refractivity contribution in [2.75, 3.05) is 6.54 Å². The number of hydrogen-bond donors (Lipinski definition) is 2. The van der Waals surface area contributed by atoms with Crippen LogP contribution in [0.1, 0.15) is 35.4 Å². The van der Waals surface area contributed by atoms with E-state index in [1.54, 1.807) is 18.2 Å². The average molecular weight is 308 g/mol. The fraction of sp³-hybridized carbons (Fsp3) is 0.438. The molecule has 1 aliphatic carbocycles. The van der Waals surface area contributed by atoms with Crippen LogP contribution in [0, 0.1) is 12.8 Å². The van der Waals surface area contributed by atoms with Gasteiger partial charge in [0.05, 0.1) is 6.10 Å². The number of benzene rings is 1. The fourth-order valence-electron chi connectivity index (χ4n) is 2.97. The summed E-state index contributed by atoms with van der Waals surface area (Å²) in [5, 5.41) is 14.1. The van der Waals surface area contributed by atoms with Gasteiger partial charge in [0, 0.05) is 28.4 Å². The number of carbonyl (C=O) groups excluding carboxylic acids is 1. The molecule has 1 fully saturated rings. The van der Waals surface area contributed by atoms with Gasteiger partial charge in [-0.25, -0.2) is 0 Å². The molecular formula is C16H18ClNO3. The largest absolute Gasteiger partial charge is 0.451 e. The van der Waals surface area contributed by atoms with Gasteiger partial charge in [0.1, 0.15) is 5.58 Å². The molecule has 0 saturated heterocycles. The first-order valence-corrected chi connectivity index (χ1v) is 7.59. The summed E-state index contributed by atoms with van der Waals surface area (Å²) in [6, 6.07) is 5.30. The summed E-state index contributed by atoms with van der Waals surface area (Å²) >= 11 is 5.97. The molecule has 5 heteroatoms. The van der Waals surface area contributed by atoms with Crippen LogP contribution in [0.4, 0.5) is 0 Å². The number of nitrogens with one attached hydrogen (secondary N) is 1. The molecule has 0 aliphatic heterocycles. The quantitative estimate of drug-likeness (QED) is 0.914. The molecule has 1 amide bonds. The Morgan fingerprint density at radius 1 is 1.48 bits per heavy atom. The molecule has 3 rings (SSSR count). The third-order valence-corrected chi connectivity index (χ3v) is 4.48. The van der Waals surface area contributed by atoms with E-state index in [2.05, 4.69) is 5.32 Å². The number of aliphatic hydroxyl groups excluding tert-OH is 1. The highest BCUT2D eigenvalue weighted by molar-refractivity contribution is 6.31. The van der Waals surface area contributed by atoms with Gasteiger partial charge in [-0.05, 0) is 38.0 Å². The molecule has 1 aliphatic rings. The third kappa shape index (κ3) is 2.78. The highest BCUT2D eigenvalue weighted by Crippen LogP contribution is 2.28. The molecule has 0 radical (unpaired) electrons. The number of halogens is 1. The van der Waals surface area contributed by atoms with Crippen LogP contribution in [-0.4, -0.2) is 23.7 Å². The second-order valence-electron chi connectivity index (χ2n) is 5.67. The van der Waals surface area contributed by atoms with Crippen LogP contribution in [0.15, 0.2) is 22.6 Å². The molecule has 1 heterocycles. The summed E-state index contributed by atoms with van der Waals surface area (Å²) in [6.45, 7) is 2.33. The lowest BCUT2D eigenvalue weighted by atomic mass is 10.1. The van der Waals surface area contributed by atoms with Crippen LogP contribution >= 0.6 is 11.6 Å². The van der Waals surface area contributed by atoms with Crippen LogP contribution in [0.25, 0.3) is 11.0 Å². The number of carbonyl (C=O) groups is 1. The molecular weight excluding hydrogens is 290 g/mol. The highest BCUT2D eigenvalue weighted by atomic mass is 35.5. The van der Waals surface area contributed by atoms with Gasteiger partial charge in [-0.3, -0.25) is 4.79 Å². The number of hydrogen-bond acceptors (Lipinski definition) is 3. The first-order valence-electron chi connectivity index (χ1n) is 7.21. The first-order chi connectivity index (χ1) is 10.1. The minimum Gasteiger partial charge on any atom is -0.451 e. The summed E-state index contributed by atoms with van der Waals surface area (Å²) in [5.41, 5.74) is 1.44. The Hall–Kier alpha value is -1.52. The van der Waals surface area contributed by atoms with Crippen LogP contribution in [0.3, 0.4) is 0 Å². The van der Waals surface area contributed by atoms with Crippen molar-refractivity contribution < 1.29 is 14.3 Å². The van der Waals surface area contributed by atoms with Gasteiger partial charge in [-0.1, -0.05) is 18.0 Å². The van der Waals surface area contributed by atoms with Gasteiger partial charge in [0.15, 0.2) is 5.76 Å². The molecule has 1 aromatic carbocycles. The van der Waals surface area contributed by atoms with Gasteiger partial charge < -0.3 is 14.8 Å². The molecule has 112 valence electrons. The zero-order valence-corrected chi connectivity index (χ0v) is 12.6. The first kappa shape index (κ1) is 14.4. The zero-order valence-electron chi connectivity index (χ0n) is 11.9. The smallest absolute Gasteiger partial charge is 0.287 e. The van der Waals surface area contributed by atoms with Gasteiger partial charge in [-0.2, -0.15) is 0 Å². The Morgan fingerprint density at radius 3 is 3.00 bits per heavy atom. The van der Waals surface area contributed by atoms with E-state index in [1.807, 2.05) is 6.92 Å². The SMILES string of the molecule is Cc1c(C(=O)NCC2CCCC2O)oc2ccc(Cl)cc12. The van der Waals surface area contributed by atoms with E-state index in [-0.39, 0.29) is 17.9 Å². The second-order valence-corrected chi connectivity index (χ2v) is 6.10. The summed E-state index contributed by atoms with van der Waals surface area (Å²) in [6.07, 6.45) is 2.49. The van der Waals surface area contributed by atoms with Crippen LogP contribution in [0.2, 0.25) is 5.02 Å². The maximum atomic E-state index is 12.3. The number of amides is 1. The lowest BCUT2D eigenvalue weighted by Crippen LogP contribution is -2.32. The maximum Gasteiger partial charge on any atom is 0.287 e. The van der Waals surface area contributed by atoms with E-state index in [0.717, 1.165) is 30.2 Å². The minimum absolute atomic E-state index is 0.146.